The number of fused-ring (bicyclic) bond motifs is 1. The Morgan fingerprint density at radius 3 is 2.45 bits per heavy atom. The fourth-order valence-electron chi connectivity index (χ4n) is 3.43. The van der Waals surface area contributed by atoms with Gasteiger partial charge in [0.15, 0.2) is 0 Å². The lowest BCUT2D eigenvalue weighted by atomic mass is 9.98. The Morgan fingerprint density at radius 1 is 1.07 bits per heavy atom. The summed E-state index contributed by atoms with van der Waals surface area (Å²) in [6.45, 7) is 0.0962. The van der Waals surface area contributed by atoms with Crippen molar-refractivity contribution in [2.24, 2.45) is 5.73 Å². The van der Waals surface area contributed by atoms with E-state index in [-0.39, 0.29) is 48.2 Å². The molecule has 1 aromatic heterocycles. The number of nitrogens with zero attached hydrogens (tertiary/aromatic N) is 2. The standard InChI is InChI=1S/C21H16FN3O4/c22-16-8-12(26)2-4-13(16)15-9-18(21(23)29)24-17-7-11(1-3-14(15)17)10-25-19(27)5-6-20(25)28/h1-4,7-9,26H,5-6,10H2,(H2,23,29). The zero-order valence-electron chi connectivity index (χ0n) is 15.2. The fraction of sp³-hybridized carbons (Fsp3) is 0.143. The van der Waals surface area contributed by atoms with Crippen molar-refractivity contribution in [3.05, 3.63) is 59.5 Å². The van der Waals surface area contributed by atoms with E-state index in [4.69, 9.17) is 5.73 Å². The zero-order chi connectivity index (χ0) is 20.7. The third-order valence-corrected chi connectivity index (χ3v) is 4.87. The molecule has 3 aromatic rings. The van der Waals surface area contributed by atoms with Crippen LogP contribution in [0.15, 0.2) is 42.5 Å². The number of nitrogens with two attached hydrogens (primary N) is 1. The van der Waals surface area contributed by atoms with Gasteiger partial charge in [-0.05, 0) is 35.4 Å². The molecule has 3 amide bonds. The lowest BCUT2D eigenvalue weighted by Crippen LogP contribution is -2.28. The second kappa shape index (κ2) is 6.97. The van der Waals surface area contributed by atoms with E-state index >= 15 is 0 Å². The summed E-state index contributed by atoms with van der Waals surface area (Å²) in [7, 11) is 0. The maximum absolute atomic E-state index is 14.5. The predicted molar refractivity (Wildman–Crippen MR) is 102 cm³/mol. The van der Waals surface area contributed by atoms with Gasteiger partial charge in [-0.3, -0.25) is 19.3 Å². The number of halogens is 1. The van der Waals surface area contributed by atoms with E-state index in [1.54, 1.807) is 18.2 Å². The van der Waals surface area contributed by atoms with Crippen LogP contribution in [0.3, 0.4) is 0 Å². The van der Waals surface area contributed by atoms with Gasteiger partial charge in [-0.25, -0.2) is 9.37 Å². The second-order valence-electron chi connectivity index (χ2n) is 6.81. The van der Waals surface area contributed by atoms with Crippen molar-refractivity contribution in [3.8, 4) is 16.9 Å². The summed E-state index contributed by atoms with van der Waals surface area (Å²) < 4.78 is 14.5. The summed E-state index contributed by atoms with van der Waals surface area (Å²) in [5.74, 6) is -2.13. The van der Waals surface area contributed by atoms with Crippen LogP contribution in [0.1, 0.15) is 28.9 Å². The first kappa shape index (κ1) is 18.5. The number of hydrogen-bond donors (Lipinski definition) is 2. The Labute approximate surface area is 164 Å². The lowest BCUT2D eigenvalue weighted by Gasteiger charge is -2.15. The lowest BCUT2D eigenvalue weighted by molar-refractivity contribution is -0.139. The molecule has 0 saturated carbocycles. The van der Waals surface area contributed by atoms with E-state index in [0.29, 0.717) is 22.0 Å². The first-order chi connectivity index (χ1) is 13.8. The van der Waals surface area contributed by atoms with E-state index in [2.05, 4.69) is 4.98 Å². The molecule has 0 aliphatic carbocycles. The molecule has 0 spiro atoms. The molecule has 4 rings (SSSR count). The molecule has 0 bridgehead atoms. The number of aromatic nitrogens is 1. The molecule has 1 aliphatic rings. The van der Waals surface area contributed by atoms with Gasteiger partial charge in [-0.15, -0.1) is 0 Å². The molecule has 29 heavy (non-hydrogen) atoms. The maximum Gasteiger partial charge on any atom is 0.267 e. The number of amides is 3. The molecule has 0 unspecified atom stereocenters. The Bertz CT molecular complexity index is 1180. The van der Waals surface area contributed by atoms with E-state index < -0.39 is 11.7 Å². The van der Waals surface area contributed by atoms with Crippen molar-refractivity contribution in [2.45, 2.75) is 19.4 Å². The number of benzene rings is 2. The molecule has 146 valence electrons. The van der Waals surface area contributed by atoms with E-state index in [0.717, 1.165) is 6.07 Å². The molecule has 0 radical (unpaired) electrons. The topological polar surface area (TPSA) is 114 Å². The van der Waals surface area contributed by atoms with E-state index in [1.165, 1.54) is 23.1 Å². The zero-order valence-corrected chi connectivity index (χ0v) is 15.2. The minimum absolute atomic E-state index is 0.0505. The van der Waals surface area contributed by atoms with Gasteiger partial charge in [-0.2, -0.15) is 0 Å². The van der Waals surface area contributed by atoms with Gasteiger partial charge in [0.05, 0.1) is 12.1 Å². The number of rotatable bonds is 4. The average Bonchev–Trinajstić information content (AvgIpc) is 2.99. The highest BCUT2D eigenvalue weighted by Crippen LogP contribution is 2.33. The molecular weight excluding hydrogens is 377 g/mol. The Hall–Kier alpha value is -3.81. The van der Waals surface area contributed by atoms with Crippen molar-refractivity contribution in [1.82, 2.24) is 9.88 Å². The van der Waals surface area contributed by atoms with Crippen LogP contribution >= 0.6 is 0 Å². The quantitative estimate of drug-likeness (QED) is 0.661. The van der Waals surface area contributed by atoms with E-state index in [9.17, 15) is 23.9 Å². The van der Waals surface area contributed by atoms with Gasteiger partial charge in [0.1, 0.15) is 17.3 Å². The van der Waals surface area contributed by atoms with Gasteiger partial charge in [0, 0.05) is 29.9 Å². The van der Waals surface area contributed by atoms with E-state index in [1.807, 2.05) is 0 Å². The molecule has 0 atom stereocenters. The number of phenols is 1. The number of aromatic hydroxyl groups is 1. The van der Waals surface area contributed by atoms with Gasteiger partial charge in [-0.1, -0.05) is 12.1 Å². The summed E-state index contributed by atoms with van der Waals surface area (Å²) in [5, 5.41) is 10.0. The molecular formula is C21H16FN3O4. The summed E-state index contributed by atoms with van der Waals surface area (Å²) in [5.41, 5.74) is 6.92. The summed E-state index contributed by atoms with van der Waals surface area (Å²) in [6, 6.07) is 10.2. The number of hydrogen-bond acceptors (Lipinski definition) is 5. The first-order valence-electron chi connectivity index (χ1n) is 8.89. The summed E-state index contributed by atoms with van der Waals surface area (Å²) in [4.78, 5) is 40.9. The van der Waals surface area contributed by atoms with Crippen LogP contribution in [0.2, 0.25) is 0 Å². The molecule has 8 heteroatoms. The number of carbonyl (C=O) groups excluding carboxylic acids is 3. The summed E-state index contributed by atoms with van der Waals surface area (Å²) >= 11 is 0. The summed E-state index contributed by atoms with van der Waals surface area (Å²) in [6.07, 6.45) is 0.390. The van der Waals surface area contributed by atoms with Gasteiger partial charge >= 0.3 is 0 Å². The number of phenolic OH excluding ortho intramolecular Hbond substituents is 1. The molecule has 7 nitrogen and oxygen atoms in total. The fourth-order valence-corrected chi connectivity index (χ4v) is 3.43. The monoisotopic (exact) mass is 393 g/mol. The van der Waals surface area contributed by atoms with Crippen LogP contribution in [0, 0.1) is 5.82 Å². The average molecular weight is 393 g/mol. The number of likely N-dealkylation sites (tertiary alicyclic amines) is 1. The van der Waals surface area contributed by atoms with Crippen molar-refractivity contribution >= 4 is 28.6 Å². The molecule has 2 heterocycles. The number of pyridine rings is 1. The number of carbonyl (C=O) groups is 3. The minimum atomic E-state index is -0.775. The van der Waals surface area contributed by atoms with Crippen molar-refractivity contribution in [1.29, 1.82) is 0 Å². The second-order valence-corrected chi connectivity index (χ2v) is 6.81. The molecule has 1 saturated heterocycles. The normalized spacial score (nSPS) is 14.0. The van der Waals surface area contributed by atoms with Crippen LogP contribution in [0.4, 0.5) is 4.39 Å². The maximum atomic E-state index is 14.5. The minimum Gasteiger partial charge on any atom is -0.508 e. The molecule has 1 fully saturated rings. The van der Waals surface area contributed by atoms with Gasteiger partial charge in [0.2, 0.25) is 11.8 Å². The van der Waals surface area contributed by atoms with Crippen molar-refractivity contribution in [3.63, 3.8) is 0 Å². The third kappa shape index (κ3) is 3.40. The largest absolute Gasteiger partial charge is 0.508 e. The smallest absolute Gasteiger partial charge is 0.267 e. The Kier molecular flexibility index (Phi) is 4.46. The SMILES string of the molecule is NC(=O)c1cc(-c2ccc(O)cc2F)c2ccc(CN3C(=O)CCC3=O)cc2n1. The predicted octanol–water partition coefficient (Wildman–Crippen LogP) is 2.49. The Morgan fingerprint density at radius 2 is 1.79 bits per heavy atom. The third-order valence-electron chi connectivity index (χ3n) is 4.87. The molecule has 3 N–H and O–H groups in total. The molecule has 1 aliphatic heterocycles. The highest BCUT2D eigenvalue weighted by molar-refractivity contribution is 6.02. The van der Waals surface area contributed by atoms with Crippen LogP contribution in [0.25, 0.3) is 22.0 Å². The van der Waals surface area contributed by atoms with Crippen LogP contribution in [-0.4, -0.2) is 32.7 Å². The van der Waals surface area contributed by atoms with Crippen molar-refractivity contribution in [2.75, 3.05) is 0 Å². The van der Waals surface area contributed by atoms with Crippen LogP contribution in [-0.2, 0) is 16.1 Å². The number of primary amides is 1. The van der Waals surface area contributed by atoms with Gasteiger partial charge in [0.25, 0.3) is 5.91 Å². The molecule has 2 aromatic carbocycles. The van der Waals surface area contributed by atoms with Gasteiger partial charge < -0.3 is 10.8 Å². The first-order valence-corrected chi connectivity index (χ1v) is 8.89. The highest BCUT2D eigenvalue weighted by atomic mass is 19.1. The number of imide groups is 1. The highest BCUT2D eigenvalue weighted by Gasteiger charge is 2.28. The van der Waals surface area contributed by atoms with Crippen LogP contribution < -0.4 is 5.73 Å². The Balaban J connectivity index is 1.85. The van der Waals surface area contributed by atoms with Crippen LogP contribution in [0.5, 0.6) is 5.75 Å². The van der Waals surface area contributed by atoms with Crippen molar-refractivity contribution < 1.29 is 23.9 Å².